The van der Waals surface area contributed by atoms with Gasteiger partial charge in [0.05, 0.1) is 0 Å². The summed E-state index contributed by atoms with van der Waals surface area (Å²) in [4.78, 5) is 2.63. The van der Waals surface area contributed by atoms with Crippen LogP contribution in [0.1, 0.15) is 65.7 Å². The molecule has 2 fully saturated rings. The molecule has 2 saturated carbocycles. The zero-order chi connectivity index (χ0) is 14.6. The van der Waals surface area contributed by atoms with E-state index in [1.54, 1.807) is 0 Å². The van der Waals surface area contributed by atoms with Gasteiger partial charge in [-0.05, 0) is 62.9 Å². The van der Waals surface area contributed by atoms with Gasteiger partial charge in [-0.25, -0.2) is 0 Å². The van der Waals surface area contributed by atoms with Crippen molar-refractivity contribution in [1.29, 1.82) is 0 Å². The molecule has 0 aliphatic heterocycles. The largest absolute Gasteiger partial charge is 0.314 e. The first kappa shape index (κ1) is 16.3. The third-order valence-electron chi connectivity index (χ3n) is 5.57. The lowest BCUT2D eigenvalue weighted by Gasteiger charge is -2.43. The molecule has 20 heavy (non-hydrogen) atoms. The Labute approximate surface area is 126 Å². The molecule has 2 aliphatic rings. The molecule has 1 N–H and O–H groups in total. The summed E-state index contributed by atoms with van der Waals surface area (Å²) >= 11 is 0. The molecule has 0 radical (unpaired) electrons. The van der Waals surface area contributed by atoms with E-state index in [1.807, 2.05) is 0 Å². The molecule has 0 spiro atoms. The summed E-state index contributed by atoms with van der Waals surface area (Å²) in [6, 6.07) is 0.749. The van der Waals surface area contributed by atoms with Gasteiger partial charge in [-0.3, -0.25) is 0 Å². The zero-order valence-electron chi connectivity index (χ0n) is 14.3. The van der Waals surface area contributed by atoms with Crippen LogP contribution in [0, 0.1) is 17.3 Å². The molecule has 0 bridgehead atoms. The van der Waals surface area contributed by atoms with Crippen molar-refractivity contribution >= 4 is 0 Å². The molecule has 0 aromatic heterocycles. The lowest BCUT2D eigenvalue weighted by molar-refractivity contribution is 0.104. The highest BCUT2D eigenvalue weighted by Gasteiger charge is 2.35. The third kappa shape index (κ3) is 4.73. The Morgan fingerprint density at radius 2 is 1.80 bits per heavy atom. The first-order valence-electron chi connectivity index (χ1n) is 8.92. The maximum atomic E-state index is 3.74. The van der Waals surface area contributed by atoms with Crippen LogP contribution in [0.2, 0.25) is 0 Å². The van der Waals surface area contributed by atoms with Crippen molar-refractivity contribution in [2.24, 2.45) is 17.3 Å². The van der Waals surface area contributed by atoms with Crippen molar-refractivity contribution in [3.63, 3.8) is 0 Å². The molecule has 0 aromatic carbocycles. The molecule has 2 aliphatic carbocycles. The summed E-state index contributed by atoms with van der Waals surface area (Å²) in [6.45, 7) is 10.9. The fourth-order valence-electron chi connectivity index (χ4n) is 4.57. The van der Waals surface area contributed by atoms with Crippen molar-refractivity contribution in [2.75, 3.05) is 26.7 Å². The van der Waals surface area contributed by atoms with Crippen molar-refractivity contribution in [3.05, 3.63) is 0 Å². The number of hydrogen-bond donors (Lipinski definition) is 1. The second kappa shape index (κ2) is 7.26. The summed E-state index contributed by atoms with van der Waals surface area (Å²) in [5.41, 5.74) is 0.546. The van der Waals surface area contributed by atoms with Crippen LogP contribution in [-0.4, -0.2) is 37.6 Å². The summed E-state index contributed by atoms with van der Waals surface area (Å²) in [5.74, 6) is 1.82. The standard InChI is InChI=1S/C18H36N2/c1-5-19-17-10-11-18(2,3)12-16(17)14-20(4)13-15-8-6-7-9-15/h15-17,19H,5-14H2,1-4H3. The van der Waals surface area contributed by atoms with E-state index in [-0.39, 0.29) is 0 Å². The minimum atomic E-state index is 0.546. The lowest BCUT2D eigenvalue weighted by atomic mass is 9.69. The van der Waals surface area contributed by atoms with Gasteiger partial charge in [0.15, 0.2) is 0 Å². The van der Waals surface area contributed by atoms with Crippen molar-refractivity contribution in [1.82, 2.24) is 10.2 Å². The predicted octanol–water partition coefficient (Wildman–Crippen LogP) is 3.91. The van der Waals surface area contributed by atoms with E-state index in [9.17, 15) is 0 Å². The molecule has 0 aromatic rings. The predicted molar refractivity (Wildman–Crippen MR) is 88.0 cm³/mol. The van der Waals surface area contributed by atoms with Gasteiger partial charge in [-0.1, -0.05) is 33.6 Å². The highest BCUT2D eigenvalue weighted by molar-refractivity contribution is 4.90. The van der Waals surface area contributed by atoms with Crippen LogP contribution in [0.25, 0.3) is 0 Å². The summed E-state index contributed by atoms with van der Waals surface area (Å²) in [7, 11) is 2.35. The highest BCUT2D eigenvalue weighted by atomic mass is 15.1. The minimum Gasteiger partial charge on any atom is -0.314 e. The van der Waals surface area contributed by atoms with E-state index < -0.39 is 0 Å². The number of nitrogens with one attached hydrogen (secondary N) is 1. The Morgan fingerprint density at radius 3 is 2.45 bits per heavy atom. The van der Waals surface area contributed by atoms with Gasteiger partial charge in [-0.15, -0.1) is 0 Å². The van der Waals surface area contributed by atoms with Gasteiger partial charge in [0.1, 0.15) is 0 Å². The fraction of sp³-hybridized carbons (Fsp3) is 1.00. The Bertz CT molecular complexity index is 281. The van der Waals surface area contributed by atoms with Gasteiger partial charge in [0.25, 0.3) is 0 Å². The molecule has 118 valence electrons. The van der Waals surface area contributed by atoms with E-state index in [0.717, 1.165) is 24.4 Å². The SMILES string of the molecule is CCNC1CCC(C)(C)CC1CN(C)CC1CCCC1. The van der Waals surface area contributed by atoms with Crippen molar-refractivity contribution < 1.29 is 0 Å². The smallest absolute Gasteiger partial charge is 0.0108 e. The Balaban J connectivity index is 1.85. The Morgan fingerprint density at radius 1 is 1.10 bits per heavy atom. The Hall–Kier alpha value is -0.0800. The molecule has 2 atom stereocenters. The number of nitrogens with zero attached hydrogens (tertiary/aromatic N) is 1. The number of hydrogen-bond acceptors (Lipinski definition) is 2. The van der Waals surface area contributed by atoms with Crippen LogP contribution in [0.15, 0.2) is 0 Å². The molecule has 0 amide bonds. The average molecular weight is 280 g/mol. The van der Waals surface area contributed by atoms with Gasteiger partial charge in [0, 0.05) is 19.1 Å². The van der Waals surface area contributed by atoms with Crippen LogP contribution < -0.4 is 5.32 Å². The topological polar surface area (TPSA) is 15.3 Å². The monoisotopic (exact) mass is 280 g/mol. The van der Waals surface area contributed by atoms with Gasteiger partial charge >= 0.3 is 0 Å². The maximum absolute atomic E-state index is 3.74. The van der Waals surface area contributed by atoms with Crippen LogP contribution in [0.3, 0.4) is 0 Å². The van der Waals surface area contributed by atoms with Crippen LogP contribution in [0.4, 0.5) is 0 Å². The molecule has 2 unspecified atom stereocenters. The van der Waals surface area contributed by atoms with Crippen molar-refractivity contribution in [3.8, 4) is 0 Å². The van der Waals surface area contributed by atoms with E-state index in [2.05, 4.69) is 38.0 Å². The van der Waals surface area contributed by atoms with Gasteiger partial charge < -0.3 is 10.2 Å². The van der Waals surface area contributed by atoms with E-state index in [0.29, 0.717) is 5.41 Å². The van der Waals surface area contributed by atoms with E-state index in [4.69, 9.17) is 0 Å². The molecule has 0 saturated heterocycles. The molecular weight excluding hydrogens is 244 g/mol. The highest BCUT2D eigenvalue weighted by Crippen LogP contribution is 2.39. The van der Waals surface area contributed by atoms with Crippen LogP contribution in [-0.2, 0) is 0 Å². The zero-order valence-corrected chi connectivity index (χ0v) is 14.3. The quantitative estimate of drug-likeness (QED) is 0.793. The fourth-order valence-corrected chi connectivity index (χ4v) is 4.57. The molecular formula is C18H36N2. The average Bonchev–Trinajstić information content (AvgIpc) is 2.85. The van der Waals surface area contributed by atoms with Crippen LogP contribution in [0.5, 0.6) is 0 Å². The second-order valence-corrected chi connectivity index (χ2v) is 8.20. The van der Waals surface area contributed by atoms with Gasteiger partial charge in [0.2, 0.25) is 0 Å². The summed E-state index contributed by atoms with van der Waals surface area (Å²) < 4.78 is 0. The van der Waals surface area contributed by atoms with Crippen molar-refractivity contribution in [2.45, 2.75) is 71.8 Å². The van der Waals surface area contributed by atoms with Crippen LogP contribution >= 0.6 is 0 Å². The first-order valence-corrected chi connectivity index (χ1v) is 8.92. The first-order chi connectivity index (χ1) is 9.50. The molecule has 2 heteroatoms. The minimum absolute atomic E-state index is 0.546. The molecule has 2 nitrogen and oxygen atoms in total. The maximum Gasteiger partial charge on any atom is 0.0108 e. The molecule has 0 heterocycles. The van der Waals surface area contributed by atoms with E-state index in [1.165, 1.54) is 58.0 Å². The third-order valence-corrected chi connectivity index (χ3v) is 5.57. The summed E-state index contributed by atoms with van der Waals surface area (Å²) in [5, 5.41) is 3.74. The Kier molecular flexibility index (Phi) is 5.92. The normalized spacial score (nSPS) is 31.1. The number of rotatable bonds is 6. The second-order valence-electron chi connectivity index (χ2n) is 8.20. The lowest BCUT2D eigenvalue weighted by Crippen LogP contribution is -2.47. The van der Waals surface area contributed by atoms with E-state index >= 15 is 0 Å². The summed E-state index contributed by atoms with van der Waals surface area (Å²) in [6.07, 6.45) is 10.0. The molecule has 2 rings (SSSR count). The van der Waals surface area contributed by atoms with Gasteiger partial charge in [-0.2, -0.15) is 0 Å².